The van der Waals surface area contributed by atoms with E-state index in [2.05, 4.69) is 17.4 Å². The van der Waals surface area contributed by atoms with Crippen molar-refractivity contribution in [2.75, 3.05) is 6.61 Å². The molecule has 0 saturated heterocycles. The van der Waals surface area contributed by atoms with Gasteiger partial charge in [0, 0.05) is 12.1 Å². The predicted molar refractivity (Wildman–Crippen MR) is 82.7 cm³/mol. The summed E-state index contributed by atoms with van der Waals surface area (Å²) >= 11 is 0. The number of hydrogen-bond acceptors (Lipinski definition) is 3. The van der Waals surface area contributed by atoms with Gasteiger partial charge in [-0.2, -0.15) is 0 Å². The first-order chi connectivity index (χ1) is 10.3. The van der Waals surface area contributed by atoms with Crippen molar-refractivity contribution in [3.05, 3.63) is 65.2 Å². The van der Waals surface area contributed by atoms with Crippen molar-refractivity contribution in [2.24, 2.45) is 0 Å². The molecular formula is C18H19NO2. The van der Waals surface area contributed by atoms with Crippen molar-refractivity contribution in [2.45, 2.75) is 25.9 Å². The molecule has 3 rings (SSSR count). The molecule has 3 nitrogen and oxygen atoms in total. The number of fused-ring (bicyclic) bond motifs is 1. The first-order valence-electron chi connectivity index (χ1n) is 7.35. The number of ketones is 1. The Kier molecular flexibility index (Phi) is 4.02. The molecule has 0 radical (unpaired) electrons. The third-order valence-electron chi connectivity index (χ3n) is 3.85. The summed E-state index contributed by atoms with van der Waals surface area (Å²) in [5.74, 6) is 0.948. The van der Waals surface area contributed by atoms with E-state index < -0.39 is 0 Å². The van der Waals surface area contributed by atoms with Gasteiger partial charge in [0.15, 0.2) is 5.78 Å². The molecule has 0 bridgehead atoms. The van der Waals surface area contributed by atoms with E-state index in [0.717, 1.165) is 24.3 Å². The van der Waals surface area contributed by atoms with Gasteiger partial charge < -0.3 is 10.1 Å². The van der Waals surface area contributed by atoms with E-state index in [1.54, 1.807) is 0 Å². The number of Topliss-reactive ketones (excluding diaryl/α,β-unsaturated/α-hetero) is 1. The molecule has 0 amide bonds. The van der Waals surface area contributed by atoms with Crippen LogP contribution in [0, 0.1) is 0 Å². The fourth-order valence-electron chi connectivity index (χ4n) is 2.72. The zero-order chi connectivity index (χ0) is 14.7. The Hall–Kier alpha value is -2.13. The van der Waals surface area contributed by atoms with Crippen molar-refractivity contribution in [1.29, 1.82) is 0 Å². The largest absolute Gasteiger partial charge is 0.494 e. The molecule has 108 valence electrons. The van der Waals surface area contributed by atoms with Gasteiger partial charge in [-0.3, -0.25) is 4.79 Å². The molecule has 0 fully saturated rings. The molecule has 1 atom stereocenters. The Labute approximate surface area is 124 Å². The van der Waals surface area contributed by atoms with Gasteiger partial charge in [-0.1, -0.05) is 24.3 Å². The van der Waals surface area contributed by atoms with Gasteiger partial charge in [0.2, 0.25) is 0 Å². The molecule has 0 aliphatic carbocycles. The van der Waals surface area contributed by atoms with E-state index in [1.807, 2.05) is 43.3 Å². The van der Waals surface area contributed by atoms with Gasteiger partial charge in [-0.15, -0.1) is 0 Å². The number of nitrogens with one attached hydrogen (secondary N) is 1. The van der Waals surface area contributed by atoms with E-state index in [-0.39, 0.29) is 11.8 Å². The van der Waals surface area contributed by atoms with Gasteiger partial charge in [0.05, 0.1) is 12.6 Å². The smallest absolute Gasteiger partial charge is 0.180 e. The van der Waals surface area contributed by atoms with Crippen LogP contribution >= 0.6 is 0 Å². The third-order valence-corrected chi connectivity index (χ3v) is 3.85. The monoisotopic (exact) mass is 281 g/mol. The number of carbonyl (C=O) groups excluding carboxylic acids is 1. The summed E-state index contributed by atoms with van der Waals surface area (Å²) in [6.45, 7) is 3.33. The van der Waals surface area contributed by atoms with Crippen molar-refractivity contribution in [3.8, 4) is 5.75 Å². The summed E-state index contributed by atoms with van der Waals surface area (Å²) in [7, 11) is 0. The van der Waals surface area contributed by atoms with Gasteiger partial charge in [-0.05, 0) is 48.7 Å². The number of benzene rings is 2. The minimum atomic E-state index is -0.141. The second-order valence-electron chi connectivity index (χ2n) is 5.23. The minimum Gasteiger partial charge on any atom is -0.494 e. The van der Waals surface area contributed by atoms with Crippen LogP contribution < -0.4 is 10.1 Å². The van der Waals surface area contributed by atoms with Crippen LogP contribution in [0.5, 0.6) is 5.75 Å². The molecule has 1 aliphatic heterocycles. The van der Waals surface area contributed by atoms with E-state index >= 15 is 0 Å². The molecule has 3 heteroatoms. The Bertz CT molecular complexity index is 634. The topological polar surface area (TPSA) is 38.3 Å². The van der Waals surface area contributed by atoms with Crippen LogP contribution in [0.25, 0.3) is 0 Å². The summed E-state index contributed by atoms with van der Waals surface area (Å²) in [6, 6.07) is 15.5. The molecule has 0 saturated carbocycles. The lowest BCUT2D eigenvalue weighted by atomic mass is 9.91. The maximum atomic E-state index is 12.6. The van der Waals surface area contributed by atoms with Gasteiger partial charge in [0.1, 0.15) is 5.75 Å². The van der Waals surface area contributed by atoms with Crippen molar-refractivity contribution < 1.29 is 9.53 Å². The highest BCUT2D eigenvalue weighted by Crippen LogP contribution is 2.20. The van der Waals surface area contributed by atoms with Gasteiger partial charge in [-0.25, -0.2) is 0 Å². The van der Waals surface area contributed by atoms with Crippen LogP contribution in [-0.4, -0.2) is 18.4 Å². The molecular weight excluding hydrogens is 262 g/mol. The summed E-state index contributed by atoms with van der Waals surface area (Å²) in [4.78, 5) is 12.6. The Balaban J connectivity index is 1.74. The average Bonchev–Trinajstić information content (AvgIpc) is 2.55. The highest BCUT2D eigenvalue weighted by molar-refractivity contribution is 6.00. The average molecular weight is 281 g/mol. The Morgan fingerprint density at radius 3 is 2.57 bits per heavy atom. The standard InChI is InChI=1S/C18H19NO2/c1-2-21-16-9-7-13(8-10-16)18(20)17-11-14-5-3-4-6-15(14)12-19-17/h3-10,17,19H,2,11-12H2,1H3. The lowest BCUT2D eigenvalue weighted by Crippen LogP contribution is -2.41. The second kappa shape index (κ2) is 6.10. The molecule has 1 N–H and O–H groups in total. The van der Waals surface area contributed by atoms with E-state index in [0.29, 0.717) is 6.61 Å². The van der Waals surface area contributed by atoms with Crippen LogP contribution in [0.2, 0.25) is 0 Å². The molecule has 0 spiro atoms. The Morgan fingerprint density at radius 2 is 1.86 bits per heavy atom. The quantitative estimate of drug-likeness (QED) is 0.876. The van der Waals surface area contributed by atoms with Crippen LogP contribution in [0.15, 0.2) is 48.5 Å². The maximum absolute atomic E-state index is 12.6. The molecule has 2 aromatic rings. The summed E-state index contributed by atoms with van der Waals surface area (Å²) in [6.07, 6.45) is 0.752. The molecule has 2 aromatic carbocycles. The molecule has 21 heavy (non-hydrogen) atoms. The number of ether oxygens (including phenoxy) is 1. The maximum Gasteiger partial charge on any atom is 0.180 e. The fourth-order valence-corrected chi connectivity index (χ4v) is 2.72. The van der Waals surface area contributed by atoms with E-state index in [1.165, 1.54) is 11.1 Å². The number of hydrogen-bond donors (Lipinski definition) is 1. The fraction of sp³-hybridized carbons (Fsp3) is 0.278. The highest BCUT2D eigenvalue weighted by Gasteiger charge is 2.24. The minimum absolute atomic E-state index is 0.141. The number of rotatable bonds is 4. The Morgan fingerprint density at radius 1 is 1.14 bits per heavy atom. The summed E-state index contributed by atoms with van der Waals surface area (Å²) in [5, 5.41) is 3.33. The van der Waals surface area contributed by atoms with Gasteiger partial charge >= 0.3 is 0 Å². The normalized spacial score (nSPS) is 17.1. The predicted octanol–water partition coefficient (Wildman–Crippen LogP) is 2.98. The highest BCUT2D eigenvalue weighted by atomic mass is 16.5. The van der Waals surface area contributed by atoms with Crippen molar-refractivity contribution >= 4 is 5.78 Å². The second-order valence-corrected chi connectivity index (χ2v) is 5.23. The van der Waals surface area contributed by atoms with Crippen molar-refractivity contribution in [1.82, 2.24) is 5.32 Å². The zero-order valence-corrected chi connectivity index (χ0v) is 12.1. The van der Waals surface area contributed by atoms with E-state index in [9.17, 15) is 4.79 Å². The third kappa shape index (κ3) is 2.98. The molecule has 1 heterocycles. The summed E-state index contributed by atoms with van der Waals surface area (Å²) < 4.78 is 5.41. The van der Waals surface area contributed by atoms with Crippen LogP contribution in [0.3, 0.4) is 0 Å². The molecule has 1 unspecified atom stereocenters. The summed E-state index contributed by atoms with van der Waals surface area (Å²) in [5.41, 5.74) is 3.28. The van der Waals surface area contributed by atoms with E-state index in [4.69, 9.17) is 4.74 Å². The van der Waals surface area contributed by atoms with Gasteiger partial charge in [0.25, 0.3) is 0 Å². The van der Waals surface area contributed by atoms with Crippen molar-refractivity contribution in [3.63, 3.8) is 0 Å². The zero-order valence-electron chi connectivity index (χ0n) is 12.1. The molecule has 0 aromatic heterocycles. The SMILES string of the molecule is CCOc1ccc(C(=O)C2Cc3ccccc3CN2)cc1. The van der Waals surface area contributed by atoms with Crippen LogP contribution in [-0.2, 0) is 13.0 Å². The first-order valence-corrected chi connectivity index (χ1v) is 7.35. The van der Waals surface area contributed by atoms with Crippen LogP contribution in [0.4, 0.5) is 0 Å². The lowest BCUT2D eigenvalue weighted by Gasteiger charge is -2.25. The lowest BCUT2D eigenvalue weighted by molar-refractivity contribution is 0.0938. The number of carbonyl (C=O) groups is 1. The molecule has 1 aliphatic rings. The first kappa shape index (κ1) is 13.8. The van der Waals surface area contributed by atoms with Crippen LogP contribution in [0.1, 0.15) is 28.4 Å².